The van der Waals surface area contributed by atoms with E-state index in [1.165, 1.54) is 18.9 Å². The van der Waals surface area contributed by atoms with Crippen LogP contribution >= 0.6 is 11.8 Å². The van der Waals surface area contributed by atoms with Crippen LogP contribution < -0.4 is 0 Å². The summed E-state index contributed by atoms with van der Waals surface area (Å²) in [6.45, 7) is 3.72. The number of hydrogen-bond acceptors (Lipinski definition) is 4. The highest BCUT2D eigenvalue weighted by atomic mass is 32.2. The van der Waals surface area contributed by atoms with Gasteiger partial charge in [-0.3, -0.25) is 4.79 Å². The molecule has 66 valence electrons. The first-order valence-electron chi connectivity index (χ1n) is 3.46. The predicted octanol–water partition coefficient (Wildman–Crippen LogP) is 0.662. The van der Waals surface area contributed by atoms with E-state index < -0.39 is 0 Å². The molecule has 0 radical (unpaired) electrons. The minimum absolute atomic E-state index is 0.0871. The topological polar surface area (TPSA) is 46.5 Å². The summed E-state index contributed by atoms with van der Waals surface area (Å²) >= 11 is 1.41. The third-order valence-corrected chi connectivity index (χ3v) is 2.44. The number of carbonyl (C=O) groups is 1. The molecule has 0 bridgehead atoms. The van der Waals surface area contributed by atoms with Crippen molar-refractivity contribution in [2.24, 2.45) is 0 Å². The standard InChI is InChI=1S/C7H14O3S/c1-5(4-8)11-6(2)7(9)10-3/h5-6,8H,4H2,1-3H3. The smallest absolute Gasteiger partial charge is 0.318 e. The van der Waals surface area contributed by atoms with E-state index in [0.29, 0.717) is 0 Å². The van der Waals surface area contributed by atoms with E-state index in [2.05, 4.69) is 4.74 Å². The first kappa shape index (κ1) is 10.8. The third kappa shape index (κ3) is 4.27. The quantitative estimate of drug-likeness (QED) is 0.642. The molecule has 0 aliphatic carbocycles. The zero-order chi connectivity index (χ0) is 8.85. The van der Waals surface area contributed by atoms with E-state index in [9.17, 15) is 4.79 Å². The first-order chi connectivity index (χ1) is 5.11. The molecule has 11 heavy (non-hydrogen) atoms. The molecule has 4 heteroatoms. The van der Waals surface area contributed by atoms with Gasteiger partial charge in [0.15, 0.2) is 0 Å². The molecule has 0 fully saturated rings. The lowest BCUT2D eigenvalue weighted by Crippen LogP contribution is -2.19. The molecule has 0 heterocycles. The number of ether oxygens (including phenoxy) is 1. The summed E-state index contributed by atoms with van der Waals surface area (Å²) in [6.07, 6.45) is 0. The molecule has 3 nitrogen and oxygen atoms in total. The average Bonchev–Trinajstić information content (AvgIpc) is 2.02. The summed E-state index contributed by atoms with van der Waals surface area (Å²) in [6, 6.07) is 0. The average molecular weight is 178 g/mol. The van der Waals surface area contributed by atoms with Crippen LogP contribution in [0.3, 0.4) is 0 Å². The lowest BCUT2D eigenvalue weighted by atomic mass is 10.5. The van der Waals surface area contributed by atoms with Crippen molar-refractivity contribution >= 4 is 17.7 Å². The van der Waals surface area contributed by atoms with Gasteiger partial charge in [-0.05, 0) is 6.92 Å². The Hall–Kier alpha value is -0.220. The van der Waals surface area contributed by atoms with E-state index in [1.54, 1.807) is 6.92 Å². The summed E-state index contributed by atoms with van der Waals surface area (Å²) in [5.41, 5.74) is 0. The Labute approximate surface area is 71.1 Å². The highest BCUT2D eigenvalue weighted by molar-refractivity contribution is 8.01. The van der Waals surface area contributed by atoms with Gasteiger partial charge in [0, 0.05) is 5.25 Å². The van der Waals surface area contributed by atoms with Crippen molar-refractivity contribution in [1.82, 2.24) is 0 Å². The molecule has 2 unspecified atom stereocenters. The Bertz CT molecular complexity index is 127. The first-order valence-corrected chi connectivity index (χ1v) is 4.40. The maximum atomic E-state index is 10.8. The van der Waals surface area contributed by atoms with E-state index in [0.717, 1.165) is 0 Å². The van der Waals surface area contributed by atoms with Crippen LogP contribution in [-0.2, 0) is 9.53 Å². The maximum Gasteiger partial charge on any atom is 0.318 e. The van der Waals surface area contributed by atoms with Crippen molar-refractivity contribution in [3.63, 3.8) is 0 Å². The van der Waals surface area contributed by atoms with Crippen molar-refractivity contribution in [2.75, 3.05) is 13.7 Å². The van der Waals surface area contributed by atoms with Crippen LogP contribution in [0.2, 0.25) is 0 Å². The number of aliphatic hydroxyl groups excluding tert-OH is 1. The highest BCUT2D eigenvalue weighted by Crippen LogP contribution is 2.17. The van der Waals surface area contributed by atoms with Crippen LogP contribution in [0, 0.1) is 0 Å². The Balaban J connectivity index is 3.67. The lowest BCUT2D eigenvalue weighted by molar-refractivity contribution is -0.139. The summed E-state index contributed by atoms with van der Waals surface area (Å²) in [7, 11) is 1.36. The summed E-state index contributed by atoms with van der Waals surface area (Å²) in [5.74, 6) is -0.240. The minimum atomic E-state index is -0.240. The number of aliphatic hydroxyl groups is 1. The maximum absolute atomic E-state index is 10.8. The van der Waals surface area contributed by atoms with Gasteiger partial charge in [-0.25, -0.2) is 0 Å². The summed E-state index contributed by atoms with van der Waals surface area (Å²) < 4.78 is 4.52. The number of esters is 1. The van der Waals surface area contributed by atoms with Crippen molar-refractivity contribution in [2.45, 2.75) is 24.3 Å². The van der Waals surface area contributed by atoms with Crippen LogP contribution in [0.4, 0.5) is 0 Å². The molecule has 0 aromatic carbocycles. The van der Waals surface area contributed by atoms with Crippen molar-refractivity contribution in [3.8, 4) is 0 Å². The van der Waals surface area contributed by atoms with Crippen LogP contribution in [0.15, 0.2) is 0 Å². The van der Waals surface area contributed by atoms with Crippen LogP contribution in [0.1, 0.15) is 13.8 Å². The van der Waals surface area contributed by atoms with Gasteiger partial charge in [0.2, 0.25) is 0 Å². The molecule has 0 amide bonds. The molecule has 1 N–H and O–H groups in total. The summed E-state index contributed by atoms with van der Waals surface area (Å²) in [4.78, 5) is 10.8. The van der Waals surface area contributed by atoms with Gasteiger partial charge >= 0.3 is 5.97 Å². The fourth-order valence-electron chi connectivity index (χ4n) is 0.613. The van der Waals surface area contributed by atoms with E-state index >= 15 is 0 Å². The van der Waals surface area contributed by atoms with Gasteiger partial charge in [0.1, 0.15) is 0 Å². The molecule has 0 saturated heterocycles. The second-order valence-electron chi connectivity index (χ2n) is 2.29. The van der Waals surface area contributed by atoms with Crippen molar-refractivity contribution < 1.29 is 14.6 Å². The largest absolute Gasteiger partial charge is 0.468 e. The van der Waals surface area contributed by atoms with E-state index in [-0.39, 0.29) is 23.1 Å². The molecule has 0 aromatic rings. The Morgan fingerprint density at radius 1 is 1.64 bits per heavy atom. The van der Waals surface area contributed by atoms with E-state index in [1.807, 2.05) is 6.92 Å². The van der Waals surface area contributed by atoms with Crippen molar-refractivity contribution in [1.29, 1.82) is 0 Å². The fraction of sp³-hybridized carbons (Fsp3) is 0.857. The van der Waals surface area contributed by atoms with E-state index in [4.69, 9.17) is 5.11 Å². The van der Waals surface area contributed by atoms with Gasteiger partial charge in [-0.1, -0.05) is 6.92 Å². The number of methoxy groups -OCH3 is 1. The summed E-state index contributed by atoms with van der Waals surface area (Å²) in [5, 5.41) is 8.56. The molecule has 2 atom stereocenters. The monoisotopic (exact) mass is 178 g/mol. The molecule has 0 rings (SSSR count). The zero-order valence-electron chi connectivity index (χ0n) is 7.03. The number of carbonyl (C=O) groups excluding carboxylic acids is 1. The normalized spacial score (nSPS) is 15.6. The molecule has 0 aromatic heterocycles. The highest BCUT2D eigenvalue weighted by Gasteiger charge is 2.16. The lowest BCUT2D eigenvalue weighted by Gasteiger charge is -2.12. The SMILES string of the molecule is COC(=O)C(C)SC(C)CO. The second-order valence-corrected chi connectivity index (χ2v) is 4.08. The van der Waals surface area contributed by atoms with Crippen LogP contribution in [0.5, 0.6) is 0 Å². The third-order valence-electron chi connectivity index (χ3n) is 1.23. The molecule has 0 spiro atoms. The van der Waals surface area contributed by atoms with Gasteiger partial charge in [-0.2, -0.15) is 0 Å². The Morgan fingerprint density at radius 2 is 2.18 bits per heavy atom. The van der Waals surface area contributed by atoms with Gasteiger partial charge in [0.05, 0.1) is 19.0 Å². The van der Waals surface area contributed by atoms with Gasteiger partial charge < -0.3 is 9.84 Å². The van der Waals surface area contributed by atoms with Crippen LogP contribution in [-0.4, -0.2) is 35.3 Å². The van der Waals surface area contributed by atoms with Gasteiger partial charge in [-0.15, -0.1) is 11.8 Å². The minimum Gasteiger partial charge on any atom is -0.468 e. The molecular weight excluding hydrogens is 164 g/mol. The number of rotatable bonds is 4. The zero-order valence-corrected chi connectivity index (χ0v) is 7.85. The van der Waals surface area contributed by atoms with Gasteiger partial charge in [0.25, 0.3) is 0 Å². The molecular formula is C7H14O3S. The number of thioether (sulfide) groups is 1. The van der Waals surface area contributed by atoms with Crippen LogP contribution in [0.25, 0.3) is 0 Å². The molecule has 0 aliphatic rings. The number of hydrogen-bond donors (Lipinski definition) is 1. The fourth-order valence-corrected chi connectivity index (χ4v) is 1.60. The second kappa shape index (κ2) is 5.43. The Morgan fingerprint density at radius 3 is 2.55 bits per heavy atom. The molecule has 0 aliphatic heterocycles. The Kier molecular flexibility index (Phi) is 5.32. The predicted molar refractivity (Wildman–Crippen MR) is 45.6 cm³/mol. The van der Waals surface area contributed by atoms with Crippen molar-refractivity contribution in [3.05, 3.63) is 0 Å². The molecule has 0 saturated carbocycles.